The van der Waals surface area contributed by atoms with Gasteiger partial charge in [-0.3, -0.25) is 0 Å². The standard InChI is InChI=1S/C17H18F3NO4S/c1-2-25-14-10-6-7-11-15(14)26(23,24)21-12-16(22,17(18,19)20)13-8-4-3-5-9-13/h3-11,21-22H,2,12H2,1H3. The number of para-hydroxylation sites is 1. The zero-order valence-corrected chi connectivity index (χ0v) is 14.6. The van der Waals surface area contributed by atoms with E-state index in [1.54, 1.807) is 13.0 Å². The van der Waals surface area contributed by atoms with Crippen LogP contribution in [-0.2, 0) is 15.6 Å². The summed E-state index contributed by atoms with van der Waals surface area (Å²) < 4.78 is 72.3. The van der Waals surface area contributed by atoms with Crippen LogP contribution in [0.15, 0.2) is 59.5 Å². The van der Waals surface area contributed by atoms with Crippen LogP contribution in [0.1, 0.15) is 12.5 Å². The maximum absolute atomic E-state index is 13.5. The predicted octanol–water partition coefficient (Wildman–Crippen LogP) is 2.81. The highest BCUT2D eigenvalue weighted by Crippen LogP contribution is 2.38. The van der Waals surface area contributed by atoms with Crippen molar-refractivity contribution in [2.45, 2.75) is 23.6 Å². The van der Waals surface area contributed by atoms with E-state index in [2.05, 4.69) is 0 Å². The van der Waals surface area contributed by atoms with Crippen LogP contribution in [0.4, 0.5) is 13.2 Å². The number of nitrogens with one attached hydrogen (secondary N) is 1. The molecule has 0 aliphatic rings. The molecule has 1 unspecified atom stereocenters. The van der Waals surface area contributed by atoms with Crippen molar-refractivity contribution < 1.29 is 31.4 Å². The second-order valence-electron chi connectivity index (χ2n) is 5.43. The van der Waals surface area contributed by atoms with E-state index in [1.807, 2.05) is 4.72 Å². The van der Waals surface area contributed by atoms with E-state index in [1.165, 1.54) is 36.4 Å². The van der Waals surface area contributed by atoms with Crippen LogP contribution < -0.4 is 9.46 Å². The molecule has 0 aliphatic heterocycles. The van der Waals surface area contributed by atoms with Crippen LogP contribution >= 0.6 is 0 Å². The zero-order chi connectivity index (χ0) is 19.4. The van der Waals surface area contributed by atoms with Crippen molar-refractivity contribution in [1.29, 1.82) is 0 Å². The normalized spacial score (nSPS) is 14.7. The van der Waals surface area contributed by atoms with E-state index in [0.29, 0.717) is 0 Å². The number of benzene rings is 2. The van der Waals surface area contributed by atoms with Gasteiger partial charge >= 0.3 is 6.18 Å². The molecule has 9 heteroatoms. The lowest BCUT2D eigenvalue weighted by Gasteiger charge is -2.31. The first-order valence-electron chi connectivity index (χ1n) is 7.68. The number of ether oxygens (including phenoxy) is 1. The Kier molecular flexibility index (Phi) is 5.94. The van der Waals surface area contributed by atoms with Crippen LogP contribution in [0.2, 0.25) is 0 Å². The van der Waals surface area contributed by atoms with Gasteiger partial charge in [-0.2, -0.15) is 13.2 Å². The van der Waals surface area contributed by atoms with Crippen LogP contribution in [0.5, 0.6) is 5.75 Å². The van der Waals surface area contributed by atoms with E-state index < -0.39 is 33.9 Å². The van der Waals surface area contributed by atoms with Crippen LogP contribution in [-0.4, -0.2) is 32.9 Å². The predicted molar refractivity (Wildman–Crippen MR) is 89.2 cm³/mol. The summed E-state index contributed by atoms with van der Waals surface area (Å²) in [6, 6.07) is 11.9. The molecule has 0 aromatic heterocycles. The third-order valence-corrected chi connectivity index (χ3v) is 5.12. The average Bonchev–Trinajstić information content (AvgIpc) is 2.60. The fourth-order valence-corrected chi connectivity index (χ4v) is 3.51. The molecule has 1 atom stereocenters. The van der Waals surface area contributed by atoms with Crippen molar-refractivity contribution in [2.75, 3.05) is 13.2 Å². The van der Waals surface area contributed by atoms with Gasteiger partial charge in [0.1, 0.15) is 10.6 Å². The quantitative estimate of drug-likeness (QED) is 0.764. The molecule has 2 N–H and O–H groups in total. The van der Waals surface area contributed by atoms with Gasteiger partial charge in [-0.15, -0.1) is 0 Å². The average molecular weight is 389 g/mol. The Morgan fingerprint density at radius 3 is 2.19 bits per heavy atom. The van der Waals surface area contributed by atoms with Gasteiger partial charge < -0.3 is 9.84 Å². The van der Waals surface area contributed by atoms with Crippen LogP contribution in [0.3, 0.4) is 0 Å². The number of alkyl halides is 3. The maximum Gasteiger partial charge on any atom is 0.422 e. The van der Waals surface area contributed by atoms with Gasteiger partial charge in [0, 0.05) is 0 Å². The monoisotopic (exact) mass is 389 g/mol. The lowest BCUT2D eigenvalue weighted by molar-refractivity contribution is -0.263. The number of hydrogen-bond donors (Lipinski definition) is 2. The summed E-state index contributed by atoms with van der Waals surface area (Å²) in [6.07, 6.45) is -5.09. The SMILES string of the molecule is CCOc1ccccc1S(=O)(=O)NCC(O)(c1ccccc1)C(F)(F)F. The minimum Gasteiger partial charge on any atom is -0.492 e. The van der Waals surface area contributed by atoms with E-state index in [9.17, 15) is 26.7 Å². The van der Waals surface area contributed by atoms with Gasteiger partial charge in [0.2, 0.25) is 10.0 Å². The molecular formula is C17H18F3NO4S. The van der Waals surface area contributed by atoms with Crippen molar-refractivity contribution in [3.8, 4) is 5.75 Å². The van der Waals surface area contributed by atoms with Crippen molar-refractivity contribution in [2.24, 2.45) is 0 Å². The number of aliphatic hydroxyl groups is 1. The summed E-state index contributed by atoms with van der Waals surface area (Å²) in [5.41, 5.74) is -3.84. The Hall–Kier alpha value is -2.10. The van der Waals surface area contributed by atoms with Gasteiger partial charge in [-0.05, 0) is 24.6 Å². The van der Waals surface area contributed by atoms with E-state index >= 15 is 0 Å². The number of sulfonamides is 1. The van der Waals surface area contributed by atoms with Gasteiger partial charge in [-0.1, -0.05) is 42.5 Å². The number of halogens is 3. The topological polar surface area (TPSA) is 75.6 Å². The minimum absolute atomic E-state index is 0.0118. The molecule has 142 valence electrons. The smallest absolute Gasteiger partial charge is 0.422 e. The Morgan fingerprint density at radius 1 is 1.04 bits per heavy atom. The molecule has 0 heterocycles. The molecule has 0 aliphatic carbocycles. The summed E-state index contributed by atoms with van der Waals surface area (Å²) in [6.45, 7) is 0.557. The summed E-state index contributed by atoms with van der Waals surface area (Å²) in [7, 11) is -4.35. The molecular weight excluding hydrogens is 371 g/mol. The van der Waals surface area contributed by atoms with E-state index in [-0.39, 0.29) is 17.3 Å². The highest BCUT2D eigenvalue weighted by atomic mass is 32.2. The minimum atomic E-state index is -5.09. The summed E-state index contributed by atoms with van der Waals surface area (Å²) in [4.78, 5) is -0.306. The molecule has 5 nitrogen and oxygen atoms in total. The first-order valence-corrected chi connectivity index (χ1v) is 9.16. The molecule has 0 fully saturated rings. The highest BCUT2D eigenvalue weighted by Gasteiger charge is 2.55. The van der Waals surface area contributed by atoms with E-state index in [0.717, 1.165) is 12.1 Å². The Balaban J connectivity index is 2.35. The van der Waals surface area contributed by atoms with Gasteiger partial charge in [0.05, 0.1) is 13.2 Å². The van der Waals surface area contributed by atoms with Crippen LogP contribution in [0.25, 0.3) is 0 Å². The lowest BCUT2D eigenvalue weighted by Crippen LogP contribution is -2.51. The molecule has 0 radical (unpaired) electrons. The molecule has 0 bridgehead atoms. The third kappa shape index (κ3) is 4.17. The first kappa shape index (κ1) is 20.2. The van der Waals surface area contributed by atoms with Crippen LogP contribution in [0, 0.1) is 0 Å². The van der Waals surface area contributed by atoms with Crippen molar-refractivity contribution in [3.63, 3.8) is 0 Å². The highest BCUT2D eigenvalue weighted by molar-refractivity contribution is 7.89. The molecule has 26 heavy (non-hydrogen) atoms. The lowest BCUT2D eigenvalue weighted by atomic mass is 9.93. The zero-order valence-electron chi connectivity index (χ0n) is 13.8. The van der Waals surface area contributed by atoms with Crippen molar-refractivity contribution in [1.82, 2.24) is 4.72 Å². The largest absolute Gasteiger partial charge is 0.492 e. The second kappa shape index (κ2) is 7.65. The fourth-order valence-electron chi connectivity index (χ4n) is 2.30. The molecule has 0 amide bonds. The summed E-state index contributed by atoms with van der Waals surface area (Å²) >= 11 is 0. The van der Waals surface area contributed by atoms with E-state index in [4.69, 9.17) is 4.74 Å². The molecule has 0 saturated carbocycles. The first-order chi connectivity index (χ1) is 12.1. The fraction of sp³-hybridized carbons (Fsp3) is 0.294. The molecule has 2 rings (SSSR count). The number of rotatable bonds is 7. The molecule has 2 aromatic carbocycles. The maximum atomic E-state index is 13.5. The Labute approximate surface area is 149 Å². The van der Waals surface area contributed by atoms with Crippen molar-refractivity contribution in [3.05, 3.63) is 60.2 Å². The summed E-state index contributed by atoms with van der Waals surface area (Å²) in [5, 5.41) is 10.2. The van der Waals surface area contributed by atoms with Gasteiger partial charge in [-0.25, -0.2) is 13.1 Å². The number of hydrogen-bond acceptors (Lipinski definition) is 4. The third-order valence-electron chi connectivity index (χ3n) is 3.68. The van der Waals surface area contributed by atoms with Crippen molar-refractivity contribution >= 4 is 10.0 Å². The Bertz CT molecular complexity index is 841. The molecule has 0 spiro atoms. The molecule has 0 saturated heterocycles. The van der Waals surface area contributed by atoms with Gasteiger partial charge in [0.25, 0.3) is 0 Å². The molecule has 2 aromatic rings. The van der Waals surface area contributed by atoms with Gasteiger partial charge in [0.15, 0.2) is 5.60 Å². The Morgan fingerprint density at radius 2 is 1.62 bits per heavy atom. The second-order valence-corrected chi connectivity index (χ2v) is 7.16. The summed E-state index contributed by atoms with van der Waals surface area (Å²) in [5.74, 6) is 0.0118.